The zero-order valence-electron chi connectivity index (χ0n) is 17.3. The lowest BCUT2D eigenvalue weighted by molar-refractivity contribution is -0.0583. The summed E-state index contributed by atoms with van der Waals surface area (Å²) in [5, 5.41) is 23.0. The van der Waals surface area contributed by atoms with Crippen molar-refractivity contribution in [3.63, 3.8) is 0 Å². The summed E-state index contributed by atoms with van der Waals surface area (Å²) in [6.07, 6.45) is -4.17. The summed E-state index contributed by atoms with van der Waals surface area (Å²) in [5.41, 5.74) is 0.374. The van der Waals surface area contributed by atoms with Crippen molar-refractivity contribution < 1.29 is 23.1 Å². The molecule has 0 aliphatic heterocycles. The van der Waals surface area contributed by atoms with E-state index in [4.69, 9.17) is 17.0 Å². The number of hydrogen-bond acceptors (Lipinski definition) is 4. The molecule has 0 spiro atoms. The maximum absolute atomic E-state index is 13.0. The molecule has 0 aliphatic carbocycles. The molecule has 33 heavy (non-hydrogen) atoms. The molecule has 0 atom stereocenters. The second kappa shape index (κ2) is 9.79. The van der Waals surface area contributed by atoms with Gasteiger partial charge in [0.15, 0.2) is 0 Å². The number of halogens is 4. The quantitative estimate of drug-likeness (QED) is 0.239. The van der Waals surface area contributed by atoms with Gasteiger partial charge in [0.2, 0.25) is 0 Å². The van der Waals surface area contributed by atoms with Gasteiger partial charge in [0.05, 0.1) is 16.4 Å². The summed E-state index contributed by atoms with van der Waals surface area (Å²) in [5.74, 6) is -0.590. The lowest BCUT2D eigenvalue weighted by atomic mass is 10.1. The van der Waals surface area contributed by atoms with E-state index < -0.39 is 17.8 Å². The van der Waals surface area contributed by atoms with Crippen molar-refractivity contribution in [1.29, 1.82) is 5.41 Å². The number of phenols is 1. The van der Waals surface area contributed by atoms with Gasteiger partial charge in [-0.25, -0.2) is 0 Å². The van der Waals surface area contributed by atoms with Crippen LogP contribution in [0.2, 0.25) is 5.02 Å². The Morgan fingerprint density at radius 3 is 2.21 bits per heavy atom. The molecule has 3 rings (SSSR count). The third kappa shape index (κ3) is 6.14. The summed E-state index contributed by atoms with van der Waals surface area (Å²) >= 11 is 6.11. The maximum atomic E-state index is 13.0. The Bertz CT molecular complexity index is 1220. The third-order valence-electron chi connectivity index (χ3n) is 4.60. The van der Waals surface area contributed by atoms with E-state index in [1.807, 2.05) is 0 Å². The van der Waals surface area contributed by atoms with Crippen molar-refractivity contribution in [2.75, 3.05) is 10.6 Å². The highest BCUT2D eigenvalue weighted by molar-refractivity contribution is 6.33. The molecule has 4 N–H and O–H groups in total. The van der Waals surface area contributed by atoms with Gasteiger partial charge in [0, 0.05) is 11.3 Å². The molecule has 0 saturated carbocycles. The summed E-state index contributed by atoms with van der Waals surface area (Å²) in [7, 11) is 0. The van der Waals surface area contributed by atoms with Crippen molar-refractivity contribution in [2.45, 2.75) is 13.1 Å². The van der Waals surface area contributed by atoms with Gasteiger partial charge < -0.3 is 15.7 Å². The smallest absolute Gasteiger partial charge is 0.432 e. The minimum Gasteiger partial charge on any atom is -0.506 e. The lowest BCUT2D eigenvalue weighted by Gasteiger charge is -2.15. The van der Waals surface area contributed by atoms with Crippen molar-refractivity contribution in [3.8, 4) is 5.75 Å². The highest BCUT2D eigenvalue weighted by Gasteiger charge is 2.33. The lowest BCUT2D eigenvalue weighted by Crippen LogP contribution is -2.20. The number of aryl methyl sites for hydroxylation is 1. The minimum absolute atomic E-state index is 0.0198. The van der Waals surface area contributed by atoms with Crippen LogP contribution in [0.15, 0.2) is 72.8 Å². The van der Waals surface area contributed by atoms with Gasteiger partial charge in [0.1, 0.15) is 11.5 Å². The largest absolute Gasteiger partial charge is 0.506 e. The van der Waals surface area contributed by atoms with E-state index in [0.29, 0.717) is 17.3 Å². The van der Waals surface area contributed by atoms with E-state index in [-0.39, 0.29) is 27.7 Å². The second-order valence-corrected chi connectivity index (χ2v) is 7.53. The monoisotopic (exact) mass is 473 g/mol. The number of anilines is 2. The fourth-order valence-electron chi connectivity index (χ4n) is 2.87. The first-order valence-electron chi connectivity index (χ1n) is 9.65. The predicted octanol–water partition coefficient (Wildman–Crippen LogP) is 6.64. The number of aromatic hydroxyl groups is 1. The Morgan fingerprint density at radius 2 is 1.61 bits per heavy atom. The minimum atomic E-state index is -4.83. The maximum Gasteiger partial charge on any atom is 0.432 e. The molecule has 170 valence electrons. The summed E-state index contributed by atoms with van der Waals surface area (Å²) in [6.45, 7) is 1.80. The Balaban J connectivity index is 1.88. The number of para-hydroxylation sites is 1. The van der Waals surface area contributed by atoms with Gasteiger partial charge >= 0.3 is 6.18 Å². The van der Waals surface area contributed by atoms with Gasteiger partial charge in [-0.1, -0.05) is 41.9 Å². The molecule has 0 heterocycles. The van der Waals surface area contributed by atoms with Crippen LogP contribution in [0.5, 0.6) is 5.75 Å². The van der Waals surface area contributed by atoms with Gasteiger partial charge in [-0.2, -0.15) is 13.2 Å². The SMILES string of the molecule is Cc1ccc(NC(=O)c2ccc(/C(=C/C(=N)C(F)(F)F)Nc3ccccc3Cl)cc2)c(O)c1. The predicted molar refractivity (Wildman–Crippen MR) is 124 cm³/mol. The molecule has 3 aromatic carbocycles. The second-order valence-electron chi connectivity index (χ2n) is 7.13. The zero-order valence-corrected chi connectivity index (χ0v) is 18.1. The molecule has 0 aliphatic rings. The molecular weight excluding hydrogens is 455 g/mol. The Kier molecular flexibility index (Phi) is 7.08. The van der Waals surface area contributed by atoms with Crippen molar-refractivity contribution >= 4 is 40.3 Å². The van der Waals surface area contributed by atoms with E-state index in [1.165, 1.54) is 30.3 Å². The first-order valence-corrected chi connectivity index (χ1v) is 10.0. The van der Waals surface area contributed by atoms with Crippen molar-refractivity contribution in [3.05, 3.63) is 94.5 Å². The molecule has 0 radical (unpaired) electrons. The van der Waals surface area contributed by atoms with Crippen LogP contribution in [-0.4, -0.2) is 22.9 Å². The molecule has 0 unspecified atom stereocenters. The van der Waals surface area contributed by atoms with Crippen molar-refractivity contribution in [2.24, 2.45) is 0 Å². The van der Waals surface area contributed by atoms with E-state index in [9.17, 15) is 23.1 Å². The van der Waals surface area contributed by atoms with Crippen LogP contribution in [0.1, 0.15) is 21.5 Å². The number of amides is 1. The molecule has 0 fully saturated rings. The Morgan fingerprint density at radius 1 is 0.970 bits per heavy atom. The molecule has 5 nitrogen and oxygen atoms in total. The molecular formula is C24H19ClF3N3O2. The number of carbonyl (C=O) groups excluding carboxylic acids is 1. The van der Waals surface area contributed by atoms with Gasteiger partial charge in [-0.15, -0.1) is 0 Å². The first kappa shape index (κ1) is 23.9. The van der Waals surface area contributed by atoms with Crippen LogP contribution in [0, 0.1) is 12.3 Å². The van der Waals surface area contributed by atoms with E-state index >= 15 is 0 Å². The molecule has 0 saturated heterocycles. The van der Waals surface area contributed by atoms with Crippen LogP contribution in [0.3, 0.4) is 0 Å². The standard InChI is InChI=1S/C24H19ClF3N3O2/c1-14-6-11-19(21(32)12-14)31-23(33)16-9-7-15(8-10-16)20(13-22(29)24(26,27)28)30-18-5-3-2-4-17(18)25/h2-13,29-30,32H,1H3,(H,31,33)/b20-13-,29-22?. The highest BCUT2D eigenvalue weighted by Crippen LogP contribution is 2.28. The van der Waals surface area contributed by atoms with Crippen LogP contribution in [0.4, 0.5) is 24.5 Å². The number of allylic oxidation sites excluding steroid dienone is 1. The number of carbonyl (C=O) groups is 1. The number of alkyl halides is 3. The fraction of sp³-hybridized carbons (Fsp3) is 0.0833. The van der Waals surface area contributed by atoms with Gasteiger partial charge in [-0.05, 0) is 60.5 Å². The van der Waals surface area contributed by atoms with E-state index in [2.05, 4.69) is 10.6 Å². The van der Waals surface area contributed by atoms with Crippen LogP contribution in [0.25, 0.3) is 5.70 Å². The molecule has 0 aromatic heterocycles. The molecule has 9 heteroatoms. The van der Waals surface area contributed by atoms with Crippen molar-refractivity contribution in [1.82, 2.24) is 0 Å². The summed E-state index contributed by atoms with van der Waals surface area (Å²) < 4.78 is 38.9. The molecule has 3 aromatic rings. The van der Waals surface area contributed by atoms with E-state index in [0.717, 1.165) is 5.56 Å². The number of rotatable bonds is 6. The number of hydrogen-bond donors (Lipinski definition) is 4. The summed E-state index contributed by atoms with van der Waals surface area (Å²) in [6, 6.07) is 17.0. The number of phenolic OH excluding ortho intramolecular Hbond substituents is 1. The normalized spacial score (nSPS) is 11.7. The van der Waals surface area contributed by atoms with Crippen LogP contribution in [-0.2, 0) is 0 Å². The molecule has 0 bridgehead atoms. The zero-order chi connectivity index (χ0) is 24.2. The average Bonchev–Trinajstić information content (AvgIpc) is 2.76. The van der Waals surface area contributed by atoms with Gasteiger partial charge in [0.25, 0.3) is 5.91 Å². The Hall–Kier alpha value is -3.78. The number of benzene rings is 3. The highest BCUT2D eigenvalue weighted by atomic mass is 35.5. The topological polar surface area (TPSA) is 85.2 Å². The summed E-state index contributed by atoms with van der Waals surface area (Å²) in [4.78, 5) is 12.5. The Labute approximate surface area is 193 Å². The van der Waals surface area contributed by atoms with Crippen LogP contribution < -0.4 is 10.6 Å². The average molecular weight is 474 g/mol. The van der Waals surface area contributed by atoms with Gasteiger partial charge in [-0.3, -0.25) is 10.2 Å². The number of nitrogens with one attached hydrogen (secondary N) is 3. The third-order valence-corrected chi connectivity index (χ3v) is 4.93. The fourth-order valence-corrected chi connectivity index (χ4v) is 3.05. The van der Waals surface area contributed by atoms with E-state index in [1.54, 1.807) is 43.3 Å². The first-order chi connectivity index (χ1) is 15.5. The molecule has 1 amide bonds. The van der Waals surface area contributed by atoms with Crippen LogP contribution >= 0.6 is 11.6 Å².